The van der Waals surface area contributed by atoms with E-state index in [0.717, 1.165) is 0 Å². The molecule has 1 fully saturated rings. The van der Waals surface area contributed by atoms with E-state index < -0.39 is 0 Å². The van der Waals surface area contributed by atoms with Gasteiger partial charge in [0.15, 0.2) is 0 Å². The first-order chi connectivity index (χ1) is 11.5. The Morgan fingerprint density at radius 1 is 1.25 bits per heavy atom. The van der Waals surface area contributed by atoms with Gasteiger partial charge in [0.2, 0.25) is 11.8 Å². The molecule has 1 saturated heterocycles. The molecule has 0 bridgehead atoms. The van der Waals surface area contributed by atoms with Crippen LogP contribution >= 0.6 is 0 Å². The molecule has 1 aliphatic heterocycles. The predicted molar refractivity (Wildman–Crippen MR) is 87.3 cm³/mol. The molecule has 1 amide bonds. The maximum absolute atomic E-state index is 13.2. The third kappa shape index (κ3) is 3.72. The normalized spacial score (nSPS) is 15.2. The standard InChI is InChI=1S/C17H21FN4O2/c1-12(2)16-19-20-17(24-16)22-8-6-21(7-9-22)15(23)11-13-4-3-5-14(18)10-13/h3-5,10,12H,6-9,11H2,1-2H3. The number of piperazine rings is 1. The van der Waals surface area contributed by atoms with Gasteiger partial charge in [-0.3, -0.25) is 4.79 Å². The van der Waals surface area contributed by atoms with Crippen LogP contribution in [0.5, 0.6) is 0 Å². The molecule has 128 valence electrons. The average Bonchev–Trinajstić information content (AvgIpc) is 3.05. The van der Waals surface area contributed by atoms with Gasteiger partial charge in [0.25, 0.3) is 0 Å². The molecule has 0 radical (unpaired) electrons. The van der Waals surface area contributed by atoms with Crippen molar-refractivity contribution in [2.24, 2.45) is 0 Å². The van der Waals surface area contributed by atoms with Gasteiger partial charge in [-0.15, -0.1) is 5.10 Å². The van der Waals surface area contributed by atoms with E-state index in [1.807, 2.05) is 18.7 Å². The molecular formula is C17H21FN4O2. The van der Waals surface area contributed by atoms with E-state index in [1.54, 1.807) is 17.0 Å². The lowest BCUT2D eigenvalue weighted by Crippen LogP contribution is -2.49. The monoisotopic (exact) mass is 332 g/mol. The molecule has 0 spiro atoms. The number of carbonyl (C=O) groups excluding carboxylic acids is 1. The molecule has 0 aliphatic carbocycles. The zero-order valence-corrected chi connectivity index (χ0v) is 13.9. The van der Waals surface area contributed by atoms with Crippen LogP contribution < -0.4 is 4.90 Å². The lowest BCUT2D eigenvalue weighted by Gasteiger charge is -2.33. The minimum absolute atomic E-state index is 0.00801. The summed E-state index contributed by atoms with van der Waals surface area (Å²) >= 11 is 0. The molecule has 0 N–H and O–H groups in total. The van der Waals surface area contributed by atoms with Gasteiger partial charge in [-0.25, -0.2) is 4.39 Å². The molecule has 1 aromatic heterocycles. The summed E-state index contributed by atoms with van der Waals surface area (Å²) < 4.78 is 18.9. The molecule has 0 saturated carbocycles. The summed E-state index contributed by atoms with van der Waals surface area (Å²) in [6, 6.07) is 6.68. The second kappa shape index (κ2) is 6.98. The fourth-order valence-electron chi connectivity index (χ4n) is 2.67. The van der Waals surface area contributed by atoms with E-state index in [0.29, 0.717) is 43.6 Å². The summed E-state index contributed by atoms with van der Waals surface area (Å²) in [4.78, 5) is 16.1. The third-order valence-corrected chi connectivity index (χ3v) is 4.07. The van der Waals surface area contributed by atoms with Gasteiger partial charge in [-0.05, 0) is 17.7 Å². The molecule has 3 rings (SSSR count). The Kier molecular flexibility index (Phi) is 4.78. The zero-order valence-electron chi connectivity index (χ0n) is 13.9. The number of anilines is 1. The minimum atomic E-state index is -0.317. The Balaban J connectivity index is 1.55. The number of hydrogen-bond acceptors (Lipinski definition) is 5. The van der Waals surface area contributed by atoms with Crippen LogP contribution in [0.2, 0.25) is 0 Å². The summed E-state index contributed by atoms with van der Waals surface area (Å²) in [7, 11) is 0. The van der Waals surface area contributed by atoms with E-state index in [1.165, 1.54) is 12.1 Å². The molecule has 2 aromatic rings. The van der Waals surface area contributed by atoms with Crippen molar-refractivity contribution in [3.05, 3.63) is 41.5 Å². The smallest absolute Gasteiger partial charge is 0.318 e. The molecular weight excluding hydrogens is 311 g/mol. The fourth-order valence-corrected chi connectivity index (χ4v) is 2.67. The van der Waals surface area contributed by atoms with Crippen molar-refractivity contribution in [1.82, 2.24) is 15.1 Å². The molecule has 1 aromatic carbocycles. The van der Waals surface area contributed by atoms with Gasteiger partial charge in [0.05, 0.1) is 6.42 Å². The van der Waals surface area contributed by atoms with E-state index in [9.17, 15) is 9.18 Å². The van der Waals surface area contributed by atoms with Crippen LogP contribution in [0.4, 0.5) is 10.4 Å². The highest BCUT2D eigenvalue weighted by Gasteiger charge is 2.24. The number of halogens is 1. The highest BCUT2D eigenvalue weighted by atomic mass is 19.1. The SMILES string of the molecule is CC(C)c1nnc(N2CCN(C(=O)Cc3cccc(F)c3)CC2)o1. The number of carbonyl (C=O) groups is 1. The second-order valence-electron chi connectivity index (χ2n) is 6.25. The number of nitrogens with zero attached hydrogens (tertiary/aromatic N) is 4. The quantitative estimate of drug-likeness (QED) is 0.859. The van der Waals surface area contributed by atoms with Crippen LogP contribution in [-0.4, -0.2) is 47.2 Å². The molecule has 7 heteroatoms. The molecule has 0 atom stereocenters. The first kappa shape index (κ1) is 16.4. The fraction of sp³-hybridized carbons (Fsp3) is 0.471. The van der Waals surface area contributed by atoms with E-state index in [-0.39, 0.29) is 24.1 Å². The van der Waals surface area contributed by atoms with Crippen LogP contribution in [-0.2, 0) is 11.2 Å². The summed E-state index contributed by atoms with van der Waals surface area (Å²) in [5.74, 6) is 0.506. The highest BCUT2D eigenvalue weighted by Crippen LogP contribution is 2.19. The van der Waals surface area contributed by atoms with Crippen molar-refractivity contribution in [3.63, 3.8) is 0 Å². The Morgan fingerprint density at radius 2 is 2.00 bits per heavy atom. The van der Waals surface area contributed by atoms with E-state index >= 15 is 0 Å². The molecule has 2 heterocycles. The van der Waals surface area contributed by atoms with E-state index in [4.69, 9.17) is 4.42 Å². The zero-order chi connectivity index (χ0) is 17.1. The van der Waals surface area contributed by atoms with Gasteiger partial charge in [-0.1, -0.05) is 31.1 Å². The lowest BCUT2D eigenvalue weighted by atomic mass is 10.1. The highest BCUT2D eigenvalue weighted by molar-refractivity contribution is 5.79. The maximum atomic E-state index is 13.2. The number of rotatable bonds is 4. The summed E-state index contributed by atoms with van der Waals surface area (Å²) in [5.41, 5.74) is 0.695. The topological polar surface area (TPSA) is 62.5 Å². The van der Waals surface area contributed by atoms with Crippen LogP contribution in [0.25, 0.3) is 0 Å². The summed E-state index contributed by atoms with van der Waals surface area (Å²) in [6.45, 7) is 6.48. The van der Waals surface area contributed by atoms with Gasteiger partial charge in [0.1, 0.15) is 5.82 Å². The largest absolute Gasteiger partial charge is 0.408 e. The average molecular weight is 332 g/mol. The Labute approximate surface area is 140 Å². The van der Waals surface area contributed by atoms with Crippen LogP contribution in [0, 0.1) is 5.82 Å². The number of hydrogen-bond donors (Lipinski definition) is 0. The maximum Gasteiger partial charge on any atom is 0.318 e. The second-order valence-corrected chi connectivity index (χ2v) is 6.25. The van der Waals surface area contributed by atoms with Crippen molar-refractivity contribution in [2.45, 2.75) is 26.2 Å². The summed E-state index contributed by atoms with van der Waals surface area (Å²) in [5, 5.41) is 8.11. The van der Waals surface area contributed by atoms with Crippen molar-refractivity contribution in [2.75, 3.05) is 31.1 Å². The number of benzene rings is 1. The molecule has 24 heavy (non-hydrogen) atoms. The minimum Gasteiger partial charge on any atom is -0.408 e. The van der Waals surface area contributed by atoms with Crippen molar-refractivity contribution in [3.8, 4) is 0 Å². The van der Waals surface area contributed by atoms with Crippen molar-refractivity contribution in [1.29, 1.82) is 0 Å². The van der Waals surface area contributed by atoms with Crippen LogP contribution in [0.3, 0.4) is 0 Å². The van der Waals surface area contributed by atoms with Crippen molar-refractivity contribution >= 4 is 11.9 Å². The van der Waals surface area contributed by atoms with Crippen LogP contribution in [0.15, 0.2) is 28.7 Å². The van der Waals surface area contributed by atoms with Crippen LogP contribution in [0.1, 0.15) is 31.2 Å². The Morgan fingerprint density at radius 3 is 2.62 bits per heavy atom. The first-order valence-electron chi connectivity index (χ1n) is 8.13. The lowest BCUT2D eigenvalue weighted by molar-refractivity contribution is -0.130. The molecule has 6 nitrogen and oxygen atoms in total. The molecule has 1 aliphatic rings. The first-order valence-corrected chi connectivity index (χ1v) is 8.13. The predicted octanol–water partition coefficient (Wildman–Crippen LogP) is 2.22. The molecule has 0 unspecified atom stereocenters. The van der Waals surface area contributed by atoms with Gasteiger partial charge >= 0.3 is 6.01 Å². The third-order valence-electron chi connectivity index (χ3n) is 4.07. The Hall–Kier alpha value is -2.44. The summed E-state index contributed by atoms with van der Waals surface area (Å²) in [6.07, 6.45) is 0.218. The van der Waals surface area contributed by atoms with Crippen molar-refractivity contribution < 1.29 is 13.6 Å². The van der Waals surface area contributed by atoms with Gasteiger partial charge in [-0.2, -0.15) is 0 Å². The van der Waals surface area contributed by atoms with Gasteiger partial charge < -0.3 is 14.2 Å². The van der Waals surface area contributed by atoms with Gasteiger partial charge in [0, 0.05) is 32.1 Å². The number of aromatic nitrogens is 2. The Bertz CT molecular complexity index is 708. The van der Waals surface area contributed by atoms with E-state index in [2.05, 4.69) is 10.2 Å². The number of amides is 1.